The van der Waals surface area contributed by atoms with Crippen molar-refractivity contribution in [3.05, 3.63) is 42.0 Å². The number of nitrogens with zero attached hydrogens (tertiary/aromatic N) is 1. The van der Waals surface area contributed by atoms with Crippen molar-refractivity contribution in [2.45, 2.75) is 38.1 Å². The van der Waals surface area contributed by atoms with Gasteiger partial charge in [-0.05, 0) is 29.3 Å². The molecule has 0 saturated carbocycles. The summed E-state index contributed by atoms with van der Waals surface area (Å²) in [4.78, 5) is 0. The molecule has 1 aromatic rings. The van der Waals surface area contributed by atoms with E-state index in [9.17, 15) is 5.11 Å². The number of aromatic hydroxyl groups is 1. The molecule has 1 unspecified atom stereocenters. The number of likely N-dealkylation sites (tertiary alicyclic amines) is 1. The van der Waals surface area contributed by atoms with Gasteiger partial charge in [-0.15, -0.1) is 0 Å². The van der Waals surface area contributed by atoms with Crippen molar-refractivity contribution < 1.29 is 9.59 Å². The highest BCUT2D eigenvalue weighted by atomic mass is 16.3. The molecule has 2 aliphatic rings. The second-order valence-corrected chi connectivity index (χ2v) is 7.24. The van der Waals surface area contributed by atoms with Gasteiger partial charge in [-0.25, -0.2) is 0 Å². The van der Waals surface area contributed by atoms with Crippen LogP contribution >= 0.6 is 0 Å². The fourth-order valence-corrected chi connectivity index (χ4v) is 4.64. The van der Waals surface area contributed by atoms with Gasteiger partial charge in [0.15, 0.2) is 0 Å². The van der Waals surface area contributed by atoms with Crippen molar-refractivity contribution in [3.8, 4) is 5.75 Å². The average Bonchev–Trinajstić information content (AvgIpc) is 2.40. The van der Waals surface area contributed by atoms with Crippen molar-refractivity contribution in [3.63, 3.8) is 0 Å². The lowest BCUT2D eigenvalue weighted by atomic mass is 9.58. The molecule has 3 rings (SSSR count). The smallest absolute Gasteiger partial charge is 0.115 e. The van der Waals surface area contributed by atoms with E-state index in [2.05, 4.69) is 39.6 Å². The van der Waals surface area contributed by atoms with Gasteiger partial charge in [-0.2, -0.15) is 0 Å². The van der Waals surface area contributed by atoms with Crippen LogP contribution in [0.1, 0.15) is 31.4 Å². The molecule has 1 heterocycles. The minimum atomic E-state index is 0.204. The number of benzene rings is 1. The monoisotopic (exact) mass is 272 g/mol. The highest BCUT2D eigenvalue weighted by Crippen LogP contribution is 2.51. The Morgan fingerprint density at radius 1 is 1.50 bits per heavy atom. The topological polar surface area (TPSA) is 20.2 Å². The number of piperidine rings is 1. The molecule has 1 aliphatic carbocycles. The maximum absolute atomic E-state index is 9.86. The van der Waals surface area contributed by atoms with Gasteiger partial charge in [-0.1, -0.05) is 26.5 Å². The van der Waals surface area contributed by atoms with Crippen LogP contribution in [0.4, 0.5) is 0 Å². The number of rotatable bonds is 2. The largest absolute Gasteiger partial charge is 0.508 e. The number of likely N-dealkylation sites (N-methyl/N-ethyl adjacent to an activating group) is 1. The first-order valence-corrected chi connectivity index (χ1v) is 7.68. The first kappa shape index (κ1) is 13.7. The molecule has 1 N–H and O–H groups in total. The van der Waals surface area contributed by atoms with E-state index in [0.29, 0.717) is 17.7 Å². The van der Waals surface area contributed by atoms with Crippen LogP contribution in [0.5, 0.6) is 5.75 Å². The minimum absolute atomic E-state index is 0.204. The Morgan fingerprint density at radius 2 is 2.25 bits per heavy atom. The third-order valence-electron chi connectivity index (χ3n) is 6.21. The normalized spacial score (nSPS) is 39.1. The van der Waals surface area contributed by atoms with Crippen LogP contribution in [-0.4, -0.2) is 35.8 Å². The van der Waals surface area contributed by atoms with Crippen molar-refractivity contribution in [2.24, 2.45) is 5.92 Å². The van der Waals surface area contributed by atoms with E-state index in [1.165, 1.54) is 24.1 Å². The number of phenolic OH excluding ortho intramolecular Hbond substituents is 1. The van der Waals surface area contributed by atoms with Crippen LogP contribution in [0.15, 0.2) is 30.9 Å². The number of hydrogen-bond donors (Lipinski definition) is 1. The Morgan fingerprint density at radius 3 is 2.95 bits per heavy atom. The first-order chi connectivity index (χ1) is 9.40. The lowest BCUT2D eigenvalue weighted by Crippen LogP contribution is -2.66. The summed E-state index contributed by atoms with van der Waals surface area (Å²) in [6, 6.07) is 6.63. The van der Waals surface area contributed by atoms with Crippen LogP contribution in [-0.2, 0) is 11.8 Å². The molecule has 0 amide bonds. The molecule has 1 aliphatic heterocycles. The molecular formula is C18H26NO+. The molecule has 20 heavy (non-hydrogen) atoms. The van der Waals surface area contributed by atoms with Crippen molar-refractivity contribution in [1.82, 2.24) is 0 Å². The molecule has 108 valence electrons. The van der Waals surface area contributed by atoms with E-state index in [-0.39, 0.29) is 5.41 Å². The lowest BCUT2D eigenvalue weighted by molar-refractivity contribution is -0.939. The van der Waals surface area contributed by atoms with Crippen LogP contribution < -0.4 is 0 Å². The summed E-state index contributed by atoms with van der Waals surface area (Å²) in [7, 11) is 2.38. The molecule has 0 aromatic heterocycles. The third-order valence-corrected chi connectivity index (χ3v) is 6.21. The fourth-order valence-electron chi connectivity index (χ4n) is 4.64. The van der Waals surface area contributed by atoms with Crippen LogP contribution in [0.25, 0.3) is 0 Å². The zero-order valence-electron chi connectivity index (χ0n) is 12.9. The van der Waals surface area contributed by atoms with E-state index >= 15 is 0 Å². The molecule has 2 nitrogen and oxygen atoms in total. The molecule has 1 fully saturated rings. The van der Waals surface area contributed by atoms with Crippen LogP contribution in [0.2, 0.25) is 0 Å². The standard InChI is InChI=1S/C18H25NO/c1-5-9-19(4)10-8-18(3)13(2)17(19)11-14-6-7-15(20)12-16(14)18/h5-7,12-13,17H,1,8-11H2,2-4H3/p+1/t13-,17+,18-,19?/m0/s1. The quantitative estimate of drug-likeness (QED) is 0.647. The summed E-state index contributed by atoms with van der Waals surface area (Å²) < 4.78 is 1.11. The van der Waals surface area contributed by atoms with Gasteiger partial charge in [0.2, 0.25) is 0 Å². The van der Waals surface area contributed by atoms with Gasteiger partial charge in [0.1, 0.15) is 5.75 Å². The SMILES string of the molecule is C=CC[N+]1(C)CC[C@]2(C)c3cc(O)ccc3C[C@@H]1[C@@H]2C. The van der Waals surface area contributed by atoms with Crippen LogP contribution in [0.3, 0.4) is 0 Å². The van der Waals surface area contributed by atoms with Gasteiger partial charge >= 0.3 is 0 Å². The summed E-state index contributed by atoms with van der Waals surface area (Å²) in [6.07, 6.45) is 4.38. The number of phenols is 1. The predicted octanol–water partition coefficient (Wildman–Crippen LogP) is 3.25. The van der Waals surface area contributed by atoms with E-state index in [1.54, 1.807) is 0 Å². The Balaban J connectivity index is 2.10. The van der Waals surface area contributed by atoms with Crippen LogP contribution in [0, 0.1) is 5.92 Å². The first-order valence-electron chi connectivity index (χ1n) is 7.68. The summed E-state index contributed by atoms with van der Waals surface area (Å²) >= 11 is 0. The molecule has 2 heteroatoms. The lowest BCUT2D eigenvalue weighted by Gasteiger charge is -2.57. The number of quaternary nitrogens is 1. The Kier molecular flexibility index (Phi) is 2.98. The minimum Gasteiger partial charge on any atom is -0.508 e. The summed E-state index contributed by atoms with van der Waals surface area (Å²) in [5, 5.41) is 9.86. The van der Waals surface area contributed by atoms with Gasteiger partial charge in [-0.3, -0.25) is 0 Å². The molecule has 0 spiro atoms. The van der Waals surface area contributed by atoms with E-state index in [0.717, 1.165) is 17.4 Å². The molecule has 2 bridgehead atoms. The van der Waals surface area contributed by atoms with Gasteiger partial charge in [0.25, 0.3) is 0 Å². The Bertz CT molecular complexity index is 552. The molecule has 4 atom stereocenters. The summed E-state index contributed by atoms with van der Waals surface area (Å²) in [6.45, 7) is 11.0. The van der Waals surface area contributed by atoms with Gasteiger partial charge < -0.3 is 9.59 Å². The number of hydrogen-bond acceptors (Lipinski definition) is 1. The molecule has 1 aromatic carbocycles. The van der Waals surface area contributed by atoms with Crippen molar-refractivity contribution in [1.29, 1.82) is 0 Å². The Hall–Kier alpha value is -1.28. The van der Waals surface area contributed by atoms with Crippen molar-refractivity contribution >= 4 is 0 Å². The average molecular weight is 272 g/mol. The highest BCUT2D eigenvalue weighted by Gasteiger charge is 2.54. The van der Waals surface area contributed by atoms with Gasteiger partial charge in [0.05, 0.1) is 26.2 Å². The maximum atomic E-state index is 9.86. The van der Waals surface area contributed by atoms with Crippen molar-refractivity contribution in [2.75, 3.05) is 20.1 Å². The zero-order chi connectivity index (χ0) is 14.5. The summed E-state index contributed by atoms with van der Waals surface area (Å²) in [5.74, 6) is 1.04. The third kappa shape index (κ3) is 1.74. The second-order valence-electron chi connectivity index (χ2n) is 7.24. The highest BCUT2D eigenvalue weighted by molar-refractivity contribution is 5.43. The number of fused-ring (bicyclic) bond motifs is 4. The molecule has 1 saturated heterocycles. The van der Waals surface area contributed by atoms with E-state index < -0.39 is 0 Å². The van der Waals surface area contributed by atoms with E-state index in [1.807, 2.05) is 12.1 Å². The maximum Gasteiger partial charge on any atom is 0.115 e. The fraction of sp³-hybridized carbons (Fsp3) is 0.556. The predicted molar refractivity (Wildman–Crippen MR) is 82.8 cm³/mol. The summed E-state index contributed by atoms with van der Waals surface area (Å²) in [5.41, 5.74) is 3.02. The molecular weight excluding hydrogens is 246 g/mol. The second kappa shape index (κ2) is 4.36. The van der Waals surface area contributed by atoms with Gasteiger partial charge in [0, 0.05) is 24.2 Å². The Labute approximate surface area is 122 Å². The zero-order valence-corrected chi connectivity index (χ0v) is 12.9. The molecule has 0 radical (unpaired) electrons. The van der Waals surface area contributed by atoms with E-state index in [4.69, 9.17) is 0 Å².